The van der Waals surface area contributed by atoms with Crippen molar-refractivity contribution >= 4 is 27.2 Å². The van der Waals surface area contributed by atoms with Crippen LogP contribution in [0.25, 0.3) is 0 Å². The van der Waals surface area contributed by atoms with Crippen LogP contribution in [-0.2, 0) is 9.84 Å². The number of rotatable bonds is 3. The lowest BCUT2D eigenvalue weighted by Gasteiger charge is -2.25. The zero-order valence-electron chi connectivity index (χ0n) is 9.80. The lowest BCUT2D eigenvalue weighted by molar-refractivity contribution is 0.0936. The van der Waals surface area contributed by atoms with Crippen LogP contribution >= 0.6 is 11.6 Å². The molecule has 0 bridgehead atoms. The smallest absolute Gasteiger partial charge is 0.176 e. The van der Waals surface area contributed by atoms with E-state index in [-0.39, 0.29) is 23.8 Å². The Bertz CT molecular complexity index is 542. The molecule has 18 heavy (non-hydrogen) atoms. The SMILES string of the molecule is O=C(CN1CCS(=O)(=O)CC1)c1cccc(Cl)c1. The lowest BCUT2D eigenvalue weighted by atomic mass is 10.1. The number of carbonyl (C=O) groups excluding carboxylic acids is 1. The molecule has 0 atom stereocenters. The van der Waals surface area contributed by atoms with Gasteiger partial charge in [0.2, 0.25) is 0 Å². The van der Waals surface area contributed by atoms with E-state index in [0.29, 0.717) is 23.7 Å². The molecular weight excluding hydrogens is 274 g/mol. The molecule has 1 heterocycles. The van der Waals surface area contributed by atoms with Crippen molar-refractivity contribution in [1.82, 2.24) is 4.90 Å². The van der Waals surface area contributed by atoms with Gasteiger partial charge in [0.05, 0.1) is 18.1 Å². The van der Waals surface area contributed by atoms with E-state index in [1.165, 1.54) is 0 Å². The summed E-state index contributed by atoms with van der Waals surface area (Å²) in [7, 11) is -2.90. The van der Waals surface area contributed by atoms with Gasteiger partial charge < -0.3 is 0 Å². The molecule has 0 spiro atoms. The Morgan fingerprint density at radius 2 is 1.94 bits per heavy atom. The molecule has 0 saturated carbocycles. The summed E-state index contributed by atoms with van der Waals surface area (Å²) >= 11 is 5.82. The average Bonchev–Trinajstić information content (AvgIpc) is 2.32. The highest BCUT2D eigenvalue weighted by molar-refractivity contribution is 7.91. The second-order valence-electron chi connectivity index (χ2n) is 4.36. The van der Waals surface area contributed by atoms with Gasteiger partial charge >= 0.3 is 0 Å². The Kier molecular flexibility index (Phi) is 4.04. The average molecular weight is 288 g/mol. The molecule has 1 fully saturated rings. The van der Waals surface area contributed by atoms with Gasteiger partial charge in [0, 0.05) is 23.7 Å². The van der Waals surface area contributed by atoms with Crippen LogP contribution in [-0.4, -0.2) is 50.2 Å². The van der Waals surface area contributed by atoms with Gasteiger partial charge in [0.25, 0.3) is 0 Å². The molecule has 0 aliphatic carbocycles. The van der Waals surface area contributed by atoms with E-state index < -0.39 is 9.84 Å². The quantitative estimate of drug-likeness (QED) is 0.785. The molecule has 1 aliphatic heterocycles. The zero-order valence-corrected chi connectivity index (χ0v) is 11.4. The number of halogens is 1. The van der Waals surface area contributed by atoms with Crippen LogP contribution in [0.5, 0.6) is 0 Å². The van der Waals surface area contributed by atoms with Gasteiger partial charge in [-0.25, -0.2) is 8.42 Å². The summed E-state index contributed by atoms with van der Waals surface area (Å²) in [5.41, 5.74) is 0.566. The predicted octanol–water partition coefficient (Wildman–Crippen LogP) is 1.25. The third kappa shape index (κ3) is 3.54. The van der Waals surface area contributed by atoms with Crippen LogP contribution in [0.15, 0.2) is 24.3 Å². The minimum atomic E-state index is -2.90. The van der Waals surface area contributed by atoms with Crippen LogP contribution in [0, 0.1) is 0 Å². The Morgan fingerprint density at radius 3 is 2.56 bits per heavy atom. The molecule has 1 aromatic rings. The first-order valence-corrected chi connectivity index (χ1v) is 7.88. The van der Waals surface area contributed by atoms with Crippen LogP contribution in [0.3, 0.4) is 0 Å². The van der Waals surface area contributed by atoms with Crippen molar-refractivity contribution in [2.45, 2.75) is 0 Å². The van der Waals surface area contributed by atoms with Crippen molar-refractivity contribution in [3.05, 3.63) is 34.9 Å². The van der Waals surface area contributed by atoms with E-state index in [9.17, 15) is 13.2 Å². The number of sulfone groups is 1. The maximum atomic E-state index is 12.0. The van der Waals surface area contributed by atoms with E-state index in [4.69, 9.17) is 11.6 Å². The van der Waals surface area contributed by atoms with Gasteiger partial charge in [-0.2, -0.15) is 0 Å². The number of carbonyl (C=O) groups is 1. The summed E-state index contributed by atoms with van der Waals surface area (Å²) in [4.78, 5) is 13.8. The van der Waals surface area contributed by atoms with Gasteiger partial charge in [0.1, 0.15) is 0 Å². The Hall–Kier alpha value is -0.910. The summed E-state index contributed by atoms with van der Waals surface area (Å²) in [6.45, 7) is 1.10. The molecule has 0 aromatic heterocycles. The molecule has 0 amide bonds. The molecular formula is C12H14ClNO3S. The summed E-state index contributed by atoms with van der Waals surface area (Å²) < 4.78 is 22.5. The van der Waals surface area contributed by atoms with Crippen molar-refractivity contribution in [3.8, 4) is 0 Å². The van der Waals surface area contributed by atoms with Crippen molar-refractivity contribution in [1.29, 1.82) is 0 Å². The van der Waals surface area contributed by atoms with Crippen LogP contribution in [0.1, 0.15) is 10.4 Å². The first kappa shape index (κ1) is 13.5. The maximum absolute atomic E-state index is 12.0. The Labute approximate surface area is 111 Å². The molecule has 0 unspecified atom stereocenters. The second-order valence-corrected chi connectivity index (χ2v) is 7.10. The van der Waals surface area contributed by atoms with E-state index in [2.05, 4.69) is 0 Å². The van der Waals surface area contributed by atoms with E-state index in [0.717, 1.165) is 0 Å². The minimum Gasteiger partial charge on any atom is -0.294 e. The fourth-order valence-electron chi connectivity index (χ4n) is 1.86. The first-order chi connectivity index (χ1) is 8.46. The summed E-state index contributed by atoms with van der Waals surface area (Å²) in [6, 6.07) is 6.79. The van der Waals surface area contributed by atoms with Crippen molar-refractivity contribution in [2.24, 2.45) is 0 Å². The number of ketones is 1. The van der Waals surface area contributed by atoms with E-state index in [1.807, 2.05) is 4.90 Å². The number of hydrogen-bond donors (Lipinski definition) is 0. The normalized spacial score (nSPS) is 19.6. The van der Waals surface area contributed by atoms with Crippen molar-refractivity contribution < 1.29 is 13.2 Å². The van der Waals surface area contributed by atoms with Crippen LogP contribution < -0.4 is 0 Å². The number of Topliss-reactive ketones (excluding diaryl/α,β-unsaturated/α-hetero) is 1. The Morgan fingerprint density at radius 1 is 1.28 bits per heavy atom. The fourth-order valence-corrected chi connectivity index (χ4v) is 3.33. The van der Waals surface area contributed by atoms with Crippen LogP contribution in [0.2, 0.25) is 5.02 Å². The van der Waals surface area contributed by atoms with Crippen LogP contribution in [0.4, 0.5) is 0 Å². The molecule has 1 aromatic carbocycles. The number of hydrogen-bond acceptors (Lipinski definition) is 4. The third-order valence-electron chi connectivity index (χ3n) is 2.95. The number of nitrogens with zero attached hydrogens (tertiary/aromatic N) is 1. The second kappa shape index (κ2) is 5.38. The monoisotopic (exact) mass is 287 g/mol. The molecule has 2 rings (SSSR count). The minimum absolute atomic E-state index is 0.0307. The largest absolute Gasteiger partial charge is 0.294 e. The number of benzene rings is 1. The van der Waals surface area contributed by atoms with Gasteiger partial charge in [-0.1, -0.05) is 23.7 Å². The highest BCUT2D eigenvalue weighted by Gasteiger charge is 2.23. The van der Waals surface area contributed by atoms with E-state index >= 15 is 0 Å². The maximum Gasteiger partial charge on any atom is 0.176 e. The lowest BCUT2D eigenvalue weighted by Crippen LogP contribution is -2.42. The molecule has 98 valence electrons. The molecule has 1 saturated heterocycles. The van der Waals surface area contributed by atoms with E-state index in [1.54, 1.807) is 24.3 Å². The van der Waals surface area contributed by atoms with Gasteiger partial charge in [-0.05, 0) is 12.1 Å². The van der Waals surface area contributed by atoms with Gasteiger partial charge in [0.15, 0.2) is 15.6 Å². The molecule has 1 aliphatic rings. The predicted molar refractivity (Wildman–Crippen MR) is 70.9 cm³/mol. The molecule has 6 heteroatoms. The standard InChI is InChI=1S/C12H14ClNO3S/c13-11-3-1-2-10(8-11)12(15)9-14-4-6-18(16,17)7-5-14/h1-3,8H,4-7,9H2. The first-order valence-electron chi connectivity index (χ1n) is 5.68. The van der Waals surface area contributed by atoms with Gasteiger partial charge in [-0.15, -0.1) is 0 Å². The third-order valence-corrected chi connectivity index (χ3v) is 4.80. The fraction of sp³-hybridized carbons (Fsp3) is 0.417. The topological polar surface area (TPSA) is 54.5 Å². The van der Waals surface area contributed by atoms with Crippen molar-refractivity contribution in [2.75, 3.05) is 31.1 Å². The summed E-state index contributed by atoms with van der Waals surface area (Å²) in [5, 5.41) is 0.530. The Balaban J connectivity index is 1.97. The highest BCUT2D eigenvalue weighted by atomic mass is 35.5. The summed E-state index contributed by atoms with van der Waals surface area (Å²) in [5.74, 6) is 0.239. The molecule has 0 radical (unpaired) electrons. The highest BCUT2D eigenvalue weighted by Crippen LogP contribution is 2.12. The summed E-state index contributed by atoms with van der Waals surface area (Å²) in [6.07, 6.45) is 0. The zero-order chi connectivity index (χ0) is 13.2. The molecule has 0 N–H and O–H groups in total. The van der Waals surface area contributed by atoms with Crippen molar-refractivity contribution in [3.63, 3.8) is 0 Å². The van der Waals surface area contributed by atoms with Gasteiger partial charge in [-0.3, -0.25) is 9.69 Å². The molecule has 4 nitrogen and oxygen atoms in total.